The van der Waals surface area contributed by atoms with E-state index in [1.54, 1.807) is 42.2 Å². The molecule has 0 saturated carbocycles. The van der Waals surface area contributed by atoms with Crippen molar-refractivity contribution in [2.45, 2.75) is 5.92 Å². The summed E-state index contributed by atoms with van der Waals surface area (Å²) in [5.74, 6) is -2.41. The van der Waals surface area contributed by atoms with Crippen molar-refractivity contribution in [3.8, 4) is 40.3 Å². The van der Waals surface area contributed by atoms with Gasteiger partial charge in [-0.2, -0.15) is 19.1 Å². The third-order valence-electron chi connectivity index (χ3n) is 4.81. The minimum absolute atomic E-state index is 0.272. The molecule has 7 nitrogen and oxygen atoms in total. The van der Waals surface area contributed by atoms with Gasteiger partial charge < -0.3 is 10.5 Å². The van der Waals surface area contributed by atoms with Crippen LogP contribution >= 0.6 is 0 Å². The first-order valence-corrected chi connectivity index (χ1v) is 9.63. The zero-order valence-corrected chi connectivity index (χ0v) is 17.0. The van der Waals surface area contributed by atoms with Crippen molar-refractivity contribution in [3.63, 3.8) is 0 Å². The molecule has 0 atom stereocenters. The first kappa shape index (κ1) is 21.1. The molecule has 0 spiro atoms. The zero-order chi connectivity index (χ0) is 22.7. The molecule has 0 fully saturated rings. The summed E-state index contributed by atoms with van der Waals surface area (Å²) in [6, 6.07) is 16.9. The second kappa shape index (κ2) is 8.53. The fraction of sp³-hybridized carbons (Fsp3) is 0.130. The molecule has 1 aromatic carbocycles. The van der Waals surface area contributed by atoms with Crippen molar-refractivity contribution in [1.82, 2.24) is 19.7 Å². The number of hydrogen-bond acceptors (Lipinski definition) is 6. The third-order valence-corrected chi connectivity index (χ3v) is 4.81. The number of ether oxygens (including phenoxy) is 1. The van der Waals surface area contributed by atoms with Gasteiger partial charge in [-0.1, -0.05) is 6.07 Å². The number of halogens is 2. The molecule has 9 heteroatoms. The van der Waals surface area contributed by atoms with Gasteiger partial charge in [-0.3, -0.25) is 9.97 Å². The van der Waals surface area contributed by atoms with Crippen LogP contribution in [0.15, 0.2) is 67.0 Å². The molecule has 0 amide bonds. The first-order valence-electron chi connectivity index (χ1n) is 9.63. The van der Waals surface area contributed by atoms with E-state index < -0.39 is 12.5 Å². The van der Waals surface area contributed by atoms with Crippen molar-refractivity contribution in [1.29, 1.82) is 5.26 Å². The van der Waals surface area contributed by atoms with E-state index in [2.05, 4.69) is 21.1 Å². The van der Waals surface area contributed by atoms with Gasteiger partial charge in [-0.15, -0.1) is 0 Å². The summed E-state index contributed by atoms with van der Waals surface area (Å²) in [4.78, 5) is 8.45. The first-order chi connectivity index (χ1) is 15.4. The topological polar surface area (TPSA) is 103 Å². The van der Waals surface area contributed by atoms with Gasteiger partial charge in [0, 0.05) is 36.6 Å². The van der Waals surface area contributed by atoms with Crippen molar-refractivity contribution in [2.24, 2.45) is 12.8 Å². The molecule has 0 aliphatic carbocycles. The Balaban J connectivity index is 1.71. The van der Waals surface area contributed by atoms with Crippen LogP contribution in [0.2, 0.25) is 0 Å². The summed E-state index contributed by atoms with van der Waals surface area (Å²) in [5.41, 5.74) is 7.50. The molecule has 0 radical (unpaired) electrons. The fourth-order valence-corrected chi connectivity index (χ4v) is 3.07. The standard InChI is InChI=1S/C23H18F2N6O/c1-31-22(11-20(30-31)19-4-2-3-9-28-19)32-21-10-15(12-26)5-7-17(21)18-8-6-16(13-29-18)23(24,25)14-27/h2-11,13H,14,27H2,1H3. The summed E-state index contributed by atoms with van der Waals surface area (Å²) in [6.07, 6.45) is 2.76. The minimum atomic E-state index is -3.16. The zero-order valence-electron chi connectivity index (χ0n) is 17.0. The lowest BCUT2D eigenvalue weighted by atomic mass is 10.1. The lowest BCUT2D eigenvalue weighted by Gasteiger charge is -2.15. The lowest BCUT2D eigenvalue weighted by molar-refractivity contribution is 0.00563. The van der Waals surface area contributed by atoms with Crippen molar-refractivity contribution < 1.29 is 13.5 Å². The number of nitriles is 1. The molecule has 0 saturated heterocycles. The van der Waals surface area contributed by atoms with E-state index in [0.717, 1.165) is 6.20 Å². The van der Waals surface area contributed by atoms with Crippen molar-refractivity contribution >= 4 is 0 Å². The summed E-state index contributed by atoms with van der Waals surface area (Å²) >= 11 is 0. The predicted octanol–water partition coefficient (Wildman–Crippen LogP) is 4.26. The molecular weight excluding hydrogens is 414 g/mol. The average molecular weight is 432 g/mol. The highest BCUT2D eigenvalue weighted by atomic mass is 19.3. The SMILES string of the molecule is Cn1nc(-c2ccccn2)cc1Oc1cc(C#N)ccc1-c1ccc(C(F)(F)CN)cn1. The van der Waals surface area contributed by atoms with Crippen LogP contribution in [0.25, 0.3) is 22.6 Å². The number of rotatable bonds is 6. The number of aryl methyl sites for hydroxylation is 1. The Hall–Kier alpha value is -4.16. The molecule has 32 heavy (non-hydrogen) atoms. The van der Waals surface area contributed by atoms with Crippen molar-refractivity contribution in [2.75, 3.05) is 6.54 Å². The maximum Gasteiger partial charge on any atom is 0.286 e. The highest BCUT2D eigenvalue weighted by molar-refractivity contribution is 5.69. The summed E-state index contributed by atoms with van der Waals surface area (Å²) in [5, 5.41) is 13.7. The molecule has 3 heterocycles. The van der Waals surface area contributed by atoms with Gasteiger partial charge in [-0.05, 0) is 42.5 Å². The number of nitrogens with zero attached hydrogens (tertiary/aromatic N) is 5. The fourth-order valence-electron chi connectivity index (χ4n) is 3.07. The Morgan fingerprint density at radius 2 is 1.91 bits per heavy atom. The molecule has 0 aliphatic rings. The highest BCUT2D eigenvalue weighted by Crippen LogP contribution is 2.35. The van der Waals surface area contributed by atoms with Crippen LogP contribution in [0.4, 0.5) is 8.78 Å². The van der Waals surface area contributed by atoms with Crippen LogP contribution < -0.4 is 10.5 Å². The van der Waals surface area contributed by atoms with Crippen LogP contribution in [0.1, 0.15) is 11.1 Å². The van der Waals surface area contributed by atoms with E-state index in [1.807, 2.05) is 18.2 Å². The molecule has 0 bridgehead atoms. The molecule has 3 aromatic heterocycles. The molecule has 4 aromatic rings. The van der Waals surface area contributed by atoms with Crippen LogP contribution in [-0.4, -0.2) is 26.3 Å². The van der Waals surface area contributed by atoms with Crippen LogP contribution in [0, 0.1) is 11.3 Å². The van der Waals surface area contributed by atoms with Crippen molar-refractivity contribution in [3.05, 3.63) is 78.1 Å². The molecular formula is C23H18F2N6O. The van der Waals surface area contributed by atoms with Crippen LogP contribution in [-0.2, 0) is 13.0 Å². The maximum absolute atomic E-state index is 13.8. The van der Waals surface area contributed by atoms with Gasteiger partial charge in [0.1, 0.15) is 11.4 Å². The van der Waals surface area contributed by atoms with Crippen LogP contribution in [0.5, 0.6) is 11.6 Å². The smallest absolute Gasteiger partial charge is 0.286 e. The summed E-state index contributed by atoms with van der Waals surface area (Å²) < 4.78 is 35.3. The maximum atomic E-state index is 13.8. The lowest BCUT2D eigenvalue weighted by Crippen LogP contribution is -2.25. The quantitative estimate of drug-likeness (QED) is 0.488. The van der Waals surface area contributed by atoms with Gasteiger partial charge in [-0.25, -0.2) is 4.68 Å². The van der Waals surface area contributed by atoms with Gasteiger partial charge >= 0.3 is 0 Å². The molecule has 2 N–H and O–H groups in total. The third kappa shape index (κ3) is 4.17. The van der Waals surface area contributed by atoms with E-state index in [-0.39, 0.29) is 5.56 Å². The molecule has 160 valence electrons. The second-order valence-corrected chi connectivity index (χ2v) is 6.97. The van der Waals surface area contributed by atoms with E-state index in [9.17, 15) is 14.0 Å². The van der Waals surface area contributed by atoms with Gasteiger partial charge in [0.2, 0.25) is 5.88 Å². The van der Waals surface area contributed by atoms with Crippen LogP contribution in [0.3, 0.4) is 0 Å². The highest BCUT2D eigenvalue weighted by Gasteiger charge is 2.30. The van der Waals surface area contributed by atoms with E-state index in [4.69, 9.17) is 10.5 Å². The normalized spacial score (nSPS) is 11.2. The number of pyridine rings is 2. The number of nitrogens with two attached hydrogens (primary N) is 1. The van der Waals surface area contributed by atoms with Gasteiger partial charge in [0.05, 0.1) is 29.6 Å². The van der Waals surface area contributed by atoms with Gasteiger partial charge in [0.15, 0.2) is 0 Å². The Bertz CT molecular complexity index is 1280. The minimum Gasteiger partial charge on any atom is -0.439 e. The second-order valence-electron chi connectivity index (χ2n) is 6.97. The number of alkyl halides is 2. The molecule has 0 aliphatic heterocycles. The summed E-state index contributed by atoms with van der Waals surface area (Å²) in [7, 11) is 1.72. The van der Waals surface area contributed by atoms with Gasteiger partial charge in [0.25, 0.3) is 5.92 Å². The molecule has 0 unspecified atom stereocenters. The average Bonchev–Trinajstić information content (AvgIpc) is 3.19. The Morgan fingerprint density at radius 1 is 1.06 bits per heavy atom. The summed E-state index contributed by atoms with van der Waals surface area (Å²) in [6.45, 7) is -0.807. The van der Waals surface area contributed by atoms with E-state index in [1.165, 1.54) is 12.1 Å². The predicted molar refractivity (Wildman–Crippen MR) is 114 cm³/mol. The number of aromatic nitrogens is 4. The van der Waals surface area contributed by atoms with E-state index in [0.29, 0.717) is 39.8 Å². The largest absolute Gasteiger partial charge is 0.439 e. The Morgan fingerprint density at radius 3 is 2.56 bits per heavy atom. The molecule has 4 rings (SSSR count). The Labute approximate surface area is 182 Å². The number of hydrogen-bond donors (Lipinski definition) is 1. The monoisotopic (exact) mass is 432 g/mol. The van der Waals surface area contributed by atoms with E-state index >= 15 is 0 Å². The number of benzene rings is 1. The Kier molecular flexibility index (Phi) is 5.62.